The van der Waals surface area contributed by atoms with E-state index in [1.807, 2.05) is 0 Å². The van der Waals surface area contributed by atoms with Crippen LogP contribution in [0, 0.1) is 0 Å². The number of carboxylic acids is 1. The Morgan fingerprint density at radius 3 is 2.59 bits per heavy atom. The lowest BCUT2D eigenvalue weighted by atomic mass is 10.1. The van der Waals surface area contributed by atoms with Crippen molar-refractivity contribution in [2.45, 2.75) is 0 Å². The van der Waals surface area contributed by atoms with Crippen molar-refractivity contribution >= 4 is 40.1 Å². The molecule has 4 nitrogen and oxygen atoms in total. The molecule has 1 heterocycles. The Kier molecular flexibility index (Phi) is 2.85. The first-order chi connectivity index (χ1) is 7.93. The summed E-state index contributed by atoms with van der Waals surface area (Å²) in [5.74, 6) is -1.35. The van der Waals surface area contributed by atoms with Crippen LogP contribution in [0.1, 0.15) is 10.4 Å². The fraction of sp³-hybridized carbons (Fsp3) is 0.0909. The van der Waals surface area contributed by atoms with Crippen molar-refractivity contribution < 1.29 is 9.90 Å². The van der Waals surface area contributed by atoms with Gasteiger partial charge in [-0.05, 0) is 18.2 Å². The van der Waals surface area contributed by atoms with Gasteiger partial charge >= 0.3 is 5.97 Å². The fourth-order valence-corrected chi connectivity index (χ4v) is 2.15. The van der Waals surface area contributed by atoms with Crippen molar-refractivity contribution in [2.24, 2.45) is 7.05 Å². The number of nitrogens with zero attached hydrogens (tertiary/aromatic N) is 1. The van der Waals surface area contributed by atoms with Gasteiger partial charge in [0.2, 0.25) is 0 Å². The summed E-state index contributed by atoms with van der Waals surface area (Å²) >= 11 is 11.8. The number of aromatic carboxylic acids is 1. The minimum absolute atomic E-state index is 0.0851. The second-order valence-electron chi connectivity index (χ2n) is 3.52. The SMILES string of the molecule is Cn1c(=O)c(C(=O)O)c(Cl)c2cc(Cl)ccc21. The Morgan fingerprint density at radius 2 is 2.00 bits per heavy atom. The summed E-state index contributed by atoms with van der Waals surface area (Å²) in [6.07, 6.45) is 0. The van der Waals surface area contributed by atoms with Gasteiger partial charge in [0.15, 0.2) is 0 Å². The smallest absolute Gasteiger partial charge is 0.342 e. The topological polar surface area (TPSA) is 59.3 Å². The van der Waals surface area contributed by atoms with Gasteiger partial charge in [0.1, 0.15) is 5.56 Å². The standard InChI is InChI=1S/C11H7Cl2NO3/c1-14-7-3-2-5(12)4-6(7)9(13)8(10(14)15)11(16)17/h2-4H,1H3,(H,16,17). The van der Waals surface area contributed by atoms with E-state index in [1.54, 1.807) is 12.1 Å². The van der Waals surface area contributed by atoms with Gasteiger partial charge in [-0.2, -0.15) is 0 Å². The van der Waals surface area contributed by atoms with Crippen LogP contribution in [0.3, 0.4) is 0 Å². The number of benzene rings is 1. The summed E-state index contributed by atoms with van der Waals surface area (Å²) in [4.78, 5) is 22.8. The highest BCUT2D eigenvalue weighted by Gasteiger charge is 2.19. The highest BCUT2D eigenvalue weighted by atomic mass is 35.5. The van der Waals surface area contributed by atoms with Gasteiger partial charge in [-0.1, -0.05) is 23.2 Å². The van der Waals surface area contributed by atoms with Gasteiger partial charge in [0.05, 0.1) is 10.5 Å². The van der Waals surface area contributed by atoms with Crippen molar-refractivity contribution in [2.75, 3.05) is 0 Å². The summed E-state index contributed by atoms with van der Waals surface area (Å²) in [7, 11) is 1.49. The van der Waals surface area contributed by atoms with E-state index in [2.05, 4.69) is 0 Å². The van der Waals surface area contributed by atoms with Crippen LogP contribution in [0.15, 0.2) is 23.0 Å². The second kappa shape index (κ2) is 4.05. The molecule has 2 rings (SSSR count). The Hall–Kier alpha value is -1.52. The van der Waals surface area contributed by atoms with Crippen molar-refractivity contribution in [3.63, 3.8) is 0 Å². The predicted octanol–water partition coefficient (Wildman–Crippen LogP) is 2.54. The van der Waals surface area contributed by atoms with E-state index < -0.39 is 17.1 Å². The van der Waals surface area contributed by atoms with Crippen LogP contribution >= 0.6 is 23.2 Å². The van der Waals surface area contributed by atoms with Crippen molar-refractivity contribution in [1.82, 2.24) is 4.57 Å². The molecule has 2 aromatic rings. The maximum absolute atomic E-state index is 11.8. The molecule has 6 heteroatoms. The van der Waals surface area contributed by atoms with Crippen LogP contribution < -0.4 is 5.56 Å². The van der Waals surface area contributed by atoms with E-state index in [4.69, 9.17) is 28.3 Å². The van der Waals surface area contributed by atoms with Gasteiger partial charge in [-0.15, -0.1) is 0 Å². The van der Waals surface area contributed by atoms with Crippen LogP contribution in [0.2, 0.25) is 10.0 Å². The first-order valence-corrected chi connectivity index (χ1v) is 5.40. The maximum Gasteiger partial charge on any atom is 0.342 e. The molecule has 17 heavy (non-hydrogen) atoms. The summed E-state index contributed by atoms with van der Waals surface area (Å²) < 4.78 is 1.24. The zero-order valence-corrected chi connectivity index (χ0v) is 10.2. The maximum atomic E-state index is 11.8. The molecule has 1 aromatic carbocycles. The first-order valence-electron chi connectivity index (χ1n) is 4.64. The summed E-state index contributed by atoms with van der Waals surface area (Å²) in [6.45, 7) is 0. The molecule has 0 aliphatic rings. The summed E-state index contributed by atoms with van der Waals surface area (Å²) in [5, 5.41) is 9.75. The van der Waals surface area contributed by atoms with E-state index in [1.165, 1.54) is 17.7 Å². The van der Waals surface area contributed by atoms with E-state index in [0.29, 0.717) is 15.9 Å². The molecule has 1 N–H and O–H groups in total. The van der Waals surface area contributed by atoms with Crippen molar-refractivity contribution in [3.8, 4) is 0 Å². The minimum atomic E-state index is -1.35. The number of pyridine rings is 1. The van der Waals surface area contributed by atoms with Crippen molar-refractivity contribution in [1.29, 1.82) is 0 Å². The molecule has 0 spiro atoms. The first kappa shape index (κ1) is 12.0. The van der Waals surface area contributed by atoms with E-state index in [9.17, 15) is 9.59 Å². The van der Waals surface area contributed by atoms with Gasteiger partial charge in [-0.25, -0.2) is 4.79 Å². The Balaban J connectivity index is 3.06. The third kappa shape index (κ3) is 1.79. The largest absolute Gasteiger partial charge is 0.477 e. The Bertz CT molecular complexity index is 691. The second-order valence-corrected chi connectivity index (χ2v) is 4.33. The normalized spacial score (nSPS) is 10.8. The van der Waals surface area contributed by atoms with E-state index in [-0.39, 0.29) is 5.02 Å². The highest BCUT2D eigenvalue weighted by molar-refractivity contribution is 6.39. The van der Waals surface area contributed by atoms with E-state index in [0.717, 1.165) is 0 Å². The molecule has 0 aliphatic heterocycles. The molecular weight excluding hydrogens is 265 g/mol. The molecule has 0 atom stereocenters. The lowest BCUT2D eigenvalue weighted by molar-refractivity contribution is 0.0695. The van der Waals surface area contributed by atoms with Crippen LogP contribution in [0.25, 0.3) is 10.9 Å². The Labute approximate surface area is 106 Å². The molecule has 0 unspecified atom stereocenters. The molecule has 0 bridgehead atoms. The quantitative estimate of drug-likeness (QED) is 0.867. The highest BCUT2D eigenvalue weighted by Crippen LogP contribution is 2.27. The lowest BCUT2D eigenvalue weighted by Crippen LogP contribution is -2.25. The monoisotopic (exact) mass is 271 g/mol. The van der Waals surface area contributed by atoms with Crippen molar-refractivity contribution in [3.05, 3.63) is 44.2 Å². The average molecular weight is 272 g/mol. The van der Waals surface area contributed by atoms with Crippen LogP contribution in [-0.2, 0) is 7.05 Å². The zero-order valence-electron chi connectivity index (χ0n) is 8.70. The number of rotatable bonds is 1. The van der Waals surface area contributed by atoms with Crippen LogP contribution in [0.5, 0.6) is 0 Å². The molecule has 88 valence electrons. The number of carboxylic acid groups (broad SMARTS) is 1. The zero-order chi connectivity index (χ0) is 12.7. The molecule has 1 aromatic heterocycles. The van der Waals surface area contributed by atoms with Crippen LogP contribution in [-0.4, -0.2) is 15.6 Å². The van der Waals surface area contributed by atoms with Gasteiger partial charge < -0.3 is 9.67 Å². The third-order valence-electron chi connectivity index (χ3n) is 2.51. The molecule has 0 aliphatic carbocycles. The predicted molar refractivity (Wildman–Crippen MR) is 66.2 cm³/mol. The van der Waals surface area contributed by atoms with Crippen LogP contribution in [0.4, 0.5) is 0 Å². The molecular formula is C11H7Cl2NO3. The third-order valence-corrected chi connectivity index (χ3v) is 3.14. The average Bonchev–Trinajstić information content (AvgIpc) is 2.26. The molecule has 0 saturated carbocycles. The molecule has 0 radical (unpaired) electrons. The summed E-state index contributed by atoms with van der Waals surface area (Å²) in [6, 6.07) is 4.77. The molecule has 0 saturated heterocycles. The van der Waals surface area contributed by atoms with E-state index >= 15 is 0 Å². The molecule has 0 fully saturated rings. The number of aryl methyl sites for hydroxylation is 1. The number of hydrogen-bond acceptors (Lipinski definition) is 2. The number of aromatic nitrogens is 1. The minimum Gasteiger partial charge on any atom is -0.477 e. The van der Waals surface area contributed by atoms with Gasteiger partial charge in [0.25, 0.3) is 5.56 Å². The number of fused-ring (bicyclic) bond motifs is 1. The number of carbonyl (C=O) groups is 1. The lowest BCUT2D eigenvalue weighted by Gasteiger charge is -2.09. The van der Waals surface area contributed by atoms with Gasteiger partial charge in [-0.3, -0.25) is 4.79 Å². The fourth-order valence-electron chi connectivity index (χ4n) is 1.67. The Morgan fingerprint density at radius 1 is 1.35 bits per heavy atom. The molecule has 0 amide bonds. The number of halogens is 2. The van der Waals surface area contributed by atoms with Gasteiger partial charge in [0, 0.05) is 17.5 Å². The summed E-state index contributed by atoms with van der Waals surface area (Å²) in [5.41, 5.74) is -0.546. The number of hydrogen-bond donors (Lipinski definition) is 1.